The molecule has 2 saturated heterocycles. The molecular formula is C23H28FN3O9P2. The van der Waals surface area contributed by atoms with Crippen LogP contribution < -0.4 is 19.9 Å². The molecule has 4 rings (SSSR count). The molecule has 2 amide bonds. The number of hydrogen-bond acceptors (Lipinski definition) is 8. The normalized spacial score (nSPS) is 20.0. The van der Waals surface area contributed by atoms with Crippen LogP contribution in [0.25, 0.3) is 0 Å². The number of amides is 2. The highest BCUT2D eigenvalue weighted by Gasteiger charge is 2.33. The lowest BCUT2D eigenvalue weighted by Crippen LogP contribution is -2.37. The third-order valence-electron chi connectivity index (χ3n) is 6.11. The highest BCUT2D eigenvalue weighted by molar-refractivity contribution is 7.57. The predicted molar refractivity (Wildman–Crippen MR) is 137 cm³/mol. The Balaban J connectivity index is 1.26. The second kappa shape index (κ2) is 12.7. The summed E-state index contributed by atoms with van der Waals surface area (Å²) in [5.41, 5.74) is 1.32. The lowest BCUT2D eigenvalue weighted by molar-refractivity contribution is 0.122. The predicted octanol–water partition coefficient (Wildman–Crippen LogP) is 2.58. The molecule has 0 spiro atoms. The smallest absolute Gasteiger partial charge is 0.414 e. The van der Waals surface area contributed by atoms with Crippen LogP contribution in [0.5, 0.6) is 5.75 Å². The molecule has 2 fully saturated rings. The lowest BCUT2D eigenvalue weighted by atomic mass is 10.2. The number of carbonyl (C=O) groups excluding carboxylic acids is 2. The van der Waals surface area contributed by atoms with Crippen LogP contribution in [0.3, 0.4) is 0 Å². The van der Waals surface area contributed by atoms with Crippen molar-refractivity contribution in [3.8, 4) is 5.75 Å². The fourth-order valence-electron chi connectivity index (χ4n) is 4.11. The van der Waals surface area contributed by atoms with Crippen LogP contribution >= 0.6 is 16.1 Å². The number of nitrogens with zero attached hydrogens (tertiary/aromatic N) is 2. The second-order valence-electron chi connectivity index (χ2n) is 8.70. The van der Waals surface area contributed by atoms with E-state index in [0.717, 1.165) is 0 Å². The molecule has 2 aromatic carbocycles. The maximum Gasteiger partial charge on any atom is 0.414 e. The summed E-state index contributed by atoms with van der Waals surface area (Å²) >= 11 is 0. The van der Waals surface area contributed by atoms with Crippen molar-refractivity contribution >= 4 is 39.6 Å². The topological polar surface area (TPSA) is 155 Å². The first-order valence-electron chi connectivity index (χ1n) is 11.8. The Labute approximate surface area is 219 Å². The average molecular weight is 571 g/mol. The molecule has 38 heavy (non-hydrogen) atoms. The van der Waals surface area contributed by atoms with Gasteiger partial charge in [-0.3, -0.25) is 14.0 Å². The van der Waals surface area contributed by atoms with E-state index in [1.54, 1.807) is 12.1 Å². The van der Waals surface area contributed by atoms with Gasteiger partial charge in [0.15, 0.2) is 0 Å². The number of cyclic esters (lactones) is 1. The van der Waals surface area contributed by atoms with Crippen molar-refractivity contribution in [2.45, 2.75) is 17.9 Å². The number of halogens is 1. The molecule has 12 nitrogen and oxygen atoms in total. The minimum atomic E-state index is -3.17. The summed E-state index contributed by atoms with van der Waals surface area (Å²) in [5, 5.41) is 1.29. The molecule has 2 aromatic rings. The van der Waals surface area contributed by atoms with Gasteiger partial charge in [-0.15, -0.1) is 0 Å². The first kappa shape index (κ1) is 28.1. The third kappa shape index (κ3) is 7.12. The number of morpholine rings is 1. The Hall–Kier alpha value is -2.95. The summed E-state index contributed by atoms with van der Waals surface area (Å²) in [6.07, 6.45) is -2.20. The summed E-state index contributed by atoms with van der Waals surface area (Å²) in [5.74, 6) is -0.280. The van der Waals surface area contributed by atoms with Gasteiger partial charge in [0, 0.05) is 13.1 Å². The number of anilines is 2. The number of ether oxygens (including phenoxy) is 3. The van der Waals surface area contributed by atoms with E-state index in [9.17, 15) is 32.9 Å². The Morgan fingerprint density at radius 3 is 2.45 bits per heavy atom. The quantitative estimate of drug-likeness (QED) is 0.383. The molecule has 0 aliphatic carbocycles. The molecule has 0 aromatic heterocycles. The number of hydrogen-bond donors (Lipinski definition) is 3. The first-order chi connectivity index (χ1) is 18.2. The third-order valence-corrected chi connectivity index (χ3v) is 9.20. The molecule has 2 aliphatic heterocycles. The molecule has 206 valence electrons. The van der Waals surface area contributed by atoms with Crippen molar-refractivity contribution in [1.82, 2.24) is 5.32 Å². The van der Waals surface area contributed by atoms with Crippen LogP contribution in [0, 0.1) is 5.82 Å². The van der Waals surface area contributed by atoms with Gasteiger partial charge in [-0.25, -0.2) is 14.0 Å². The zero-order chi connectivity index (χ0) is 27.2. The maximum atomic E-state index is 14.7. The second-order valence-corrected chi connectivity index (χ2v) is 12.0. The van der Waals surface area contributed by atoms with Crippen molar-refractivity contribution in [2.75, 3.05) is 49.2 Å². The van der Waals surface area contributed by atoms with E-state index in [2.05, 4.69) is 5.32 Å². The molecular weight excluding hydrogens is 543 g/mol. The van der Waals surface area contributed by atoms with Gasteiger partial charge >= 0.3 is 12.2 Å². The summed E-state index contributed by atoms with van der Waals surface area (Å²) in [4.78, 5) is 46.1. The van der Waals surface area contributed by atoms with Crippen molar-refractivity contribution in [3.63, 3.8) is 0 Å². The molecule has 3 N–H and O–H groups in total. The summed E-state index contributed by atoms with van der Waals surface area (Å²) in [6, 6.07) is 10.5. The van der Waals surface area contributed by atoms with Crippen molar-refractivity contribution in [2.24, 2.45) is 0 Å². The zero-order valence-electron chi connectivity index (χ0n) is 20.2. The molecule has 0 bridgehead atoms. The van der Waals surface area contributed by atoms with E-state index < -0.39 is 45.6 Å². The number of rotatable bonds is 9. The molecule has 2 aliphatic rings. The van der Waals surface area contributed by atoms with Crippen molar-refractivity contribution in [1.29, 1.82) is 0 Å². The van der Waals surface area contributed by atoms with E-state index in [1.165, 1.54) is 35.2 Å². The average Bonchev–Trinajstić information content (AvgIpc) is 3.27. The fraction of sp³-hybridized carbons (Fsp3) is 0.391. The lowest BCUT2D eigenvalue weighted by Gasteiger charge is -2.29. The summed E-state index contributed by atoms with van der Waals surface area (Å²) < 4.78 is 53.0. The highest BCUT2D eigenvalue weighted by Crippen LogP contribution is 2.41. The molecule has 2 heterocycles. The van der Waals surface area contributed by atoms with E-state index >= 15 is 0 Å². The summed E-state index contributed by atoms with van der Waals surface area (Å²) in [6.45, 7) is 2.26. The molecule has 0 radical (unpaired) electrons. The van der Waals surface area contributed by atoms with Gasteiger partial charge in [-0.1, -0.05) is 12.1 Å². The van der Waals surface area contributed by atoms with E-state index in [-0.39, 0.29) is 25.3 Å². The van der Waals surface area contributed by atoms with Gasteiger partial charge in [-0.05, 0) is 42.3 Å². The van der Waals surface area contributed by atoms with E-state index in [1.807, 2.05) is 4.90 Å². The maximum absolute atomic E-state index is 14.7. The van der Waals surface area contributed by atoms with Crippen LogP contribution in [0.4, 0.5) is 25.4 Å². The van der Waals surface area contributed by atoms with Gasteiger partial charge in [0.2, 0.25) is 16.1 Å². The van der Waals surface area contributed by atoms with E-state index in [0.29, 0.717) is 43.2 Å². The highest BCUT2D eigenvalue weighted by atomic mass is 31.2. The molecule has 2 unspecified atom stereocenters. The minimum Gasteiger partial charge on any atom is -0.442 e. The standard InChI is InChI=1S/C23H28FN3O9P2/c24-19-12-16(3-6-20(19)26-7-9-34-10-8-26)27-14-18(36-23(27)29)13-25-22(28)35-17-4-1-15(2-5-17)11-21(37(30)31)38(32)33/h1-6,12,18,21,37-38H,7-11,13-14H2,(H,25,28)(H,30,31)(H,32,33)/t18-/m0/s1. The van der Waals surface area contributed by atoms with Crippen molar-refractivity contribution < 1.29 is 47.1 Å². The summed E-state index contributed by atoms with van der Waals surface area (Å²) in [7, 11) is -6.35. The first-order valence-corrected chi connectivity index (χ1v) is 14.7. The zero-order valence-corrected chi connectivity index (χ0v) is 22.2. The van der Waals surface area contributed by atoms with Gasteiger partial charge < -0.3 is 34.2 Å². The van der Waals surface area contributed by atoms with Crippen LogP contribution in [0.1, 0.15) is 5.56 Å². The SMILES string of the molecule is O=C(NC[C@H]1CN(c2ccc(N3CCOCC3)c(F)c2)C(=O)O1)Oc1ccc(CC([PH](=O)O)[PH](=O)O)cc1. The molecule has 15 heteroatoms. The Bertz CT molecular complexity index is 1200. The van der Waals surface area contributed by atoms with Crippen LogP contribution in [-0.4, -0.2) is 72.9 Å². The van der Waals surface area contributed by atoms with Crippen molar-refractivity contribution in [3.05, 3.63) is 53.8 Å². The van der Waals surface area contributed by atoms with Crippen LogP contribution in [0.2, 0.25) is 0 Å². The van der Waals surface area contributed by atoms with Gasteiger partial charge in [0.05, 0.1) is 37.7 Å². The molecule has 0 saturated carbocycles. The van der Waals surface area contributed by atoms with Gasteiger partial charge in [0.1, 0.15) is 23.1 Å². The largest absolute Gasteiger partial charge is 0.442 e. The Morgan fingerprint density at radius 2 is 1.82 bits per heavy atom. The van der Waals surface area contributed by atoms with Crippen LogP contribution in [0.15, 0.2) is 42.5 Å². The minimum absolute atomic E-state index is 0.0370. The number of carbonyl (C=O) groups is 2. The fourth-order valence-corrected chi connectivity index (χ4v) is 5.78. The number of nitrogens with one attached hydrogen (secondary N) is 1. The van der Waals surface area contributed by atoms with Crippen LogP contribution in [-0.2, 0) is 25.0 Å². The number of benzene rings is 2. The van der Waals surface area contributed by atoms with Gasteiger partial charge in [-0.2, -0.15) is 0 Å². The Morgan fingerprint density at radius 1 is 1.13 bits per heavy atom. The Kier molecular flexibility index (Phi) is 9.40. The van der Waals surface area contributed by atoms with E-state index in [4.69, 9.17) is 14.2 Å². The monoisotopic (exact) mass is 571 g/mol. The molecule has 3 atom stereocenters. The van der Waals surface area contributed by atoms with Gasteiger partial charge in [0.25, 0.3) is 0 Å².